The van der Waals surface area contributed by atoms with Crippen LogP contribution in [0.15, 0.2) is 47.2 Å². The van der Waals surface area contributed by atoms with Gasteiger partial charge in [0.15, 0.2) is 18.1 Å². The Labute approximate surface area is 151 Å². The summed E-state index contributed by atoms with van der Waals surface area (Å²) in [6.07, 6.45) is 1.17. The second kappa shape index (κ2) is 7.39. The van der Waals surface area contributed by atoms with Crippen LogP contribution in [0.5, 0.6) is 0 Å². The molecular weight excluding hydrogens is 332 g/mol. The third kappa shape index (κ3) is 3.59. The van der Waals surface area contributed by atoms with E-state index in [1.54, 1.807) is 25.1 Å². The summed E-state index contributed by atoms with van der Waals surface area (Å²) >= 11 is 0. The number of hydrogen-bond donors (Lipinski definition) is 1. The molecule has 6 nitrogen and oxygen atoms in total. The number of ether oxygens (including phenoxy) is 1. The molecular formula is C20H20N2O4. The van der Waals surface area contributed by atoms with Crippen molar-refractivity contribution >= 4 is 28.7 Å². The van der Waals surface area contributed by atoms with Crippen LogP contribution >= 0.6 is 0 Å². The monoisotopic (exact) mass is 352 g/mol. The average Bonchev–Trinajstić information content (AvgIpc) is 3.10. The van der Waals surface area contributed by atoms with E-state index in [4.69, 9.17) is 9.15 Å². The predicted molar refractivity (Wildman–Crippen MR) is 98.1 cm³/mol. The van der Waals surface area contributed by atoms with Gasteiger partial charge in [0.25, 0.3) is 5.91 Å². The summed E-state index contributed by atoms with van der Waals surface area (Å²) in [6, 6.07) is 10.7. The molecule has 26 heavy (non-hydrogen) atoms. The number of aryl methyl sites for hydroxylation is 2. The van der Waals surface area contributed by atoms with E-state index >= 15 is 0 Å². The molecule has 1 heterocycles. The van der Waals surface area contributed by atoms with Crippen molar-refractivity contribution in [1.29, 1.82) is 0 Å². The molecule has 0 aliphatic rings. The first-order chi connectivity index (χ1) is 12.5. The van der Waals surface area contributed by atoms with Gasteiger partial charge >= 0.3 is 5.97 Å². The van der Waals surface area contributed by atoms with Gasteiger partial charge in [0.1, 0.15) is 5.52 Å². The van der Waals surface area contributed by atoms with Crippen LogP contribution < -0.4 is 5.32 Å². The first kappa shape index (κ1) is 17.7. The Morgan fingerprint density at radius 2 is 2.08 bits per heavy atom. The van der Waals surface area contributed by atoms with Crippen molar-refractivity contribution in [2.75, 3.05) is 5.32 Å². The van der Waals surface area contributed by atoms with Crippen LogP contribution in [0.25, 0.3) is 11.1 Å². The highest BCUT2D eigenvalue weighted by atomic mass is 16.5. The number of oxazole rings is 1. The molecule has 1 amide bonds. The molecule has 134 valence electrons. The largest absolute Gasteiger partial charge is 0.449 e. The van der Waals surface area contributed by atoms with Crippen LogP contribution in [-0.2, 0) is 16.0 Å². The summed E-state index contributed by atoms with van der Waals surface area (Å²) in [4.78, 5) is 28.8. The number of nitrogens with one attached hydrogen (secondary N) is 1. The molecule has 0 saturated carbocycles. The smallest absolute Gasteiger partial charge is 0.339 e. The van der Waals surface area contributed by atoms with Gasteiger partial charge in [0.05, 0.1) is 5.56 Å². The standard InChI is InChI=1S/C20H20N2O4/c1-4-14-7-5-6-12(2)18(14)22-19(23)13(3)26-20(24)15-8-9-16-17(10-15)25-11-21-16/h5-11,13H,4H2,1-3H3,(H,22,23). The first-order valence-electron chi connectivity index (χ1n) is 8.43. The lowest BCUT2D eigenvalue weighted by Crippen LogP contribution is -2.30. The van der Waals surface area contributed by atoms with E-state index in [9.17, 15) is 9.59 Å². The van der Waals surface area contributed by atoms with E-state index < -0.39 is 12.1 Å². The number of fused-ring (bicyclic) bond motifs is 1. The summed E-state index contributed by atoms with van der Waals surface area (Å²) in [5, 5.41) is 2.87. The molecule has 3 rings (SSSR count). The Morgan fingerprint density at radius 1 is 1.27 bits per heavy atom. The molecule has 0 aliphatic carbocycles. The normalized spacial score (nSPS) is 12.0. The number of aromatic nitrogens is 1. The predicted octanol–water partition coefficient (Wildman–Crippen LogP) is 3.88. The molecule has 0 saturated heterocycles. The van der Waals surface area contributed by atoms with Crippen molar-refractivity contribution in [1.82, 2.24) is 4.98 Å². The van der Waals surface area contributed by atoms with E-state index in [1.807, 2.05) is 32.0 Å². The topological polar surface area (TPSA) is 81.4 Å². The number of esters is 1. The minimum atomic E-state index is -0.933. The molecule has 0 fully saturated rings. The lowest BCUT2D eigenvalue weighted by molar-refractivity contribution is -0.123. The van der Waals surface area contributed by atoms with E-state index in [1.165, 1.54) is 6.39 Å². The van der Waals surface area contributed by atoms with Gasteiger partial charge in [-0.15, -0.1) is 0 Å². The van der Waals surface area contributed by atoms with Gasteiger partial charge in [-0.25, -0.2) is 9.78 Å². The van der Waals surface area contributed by atoms with E-state index in [-0.39, 0.29) is 5.91 Å². The van der Waals surface area contributed by atoms with Crippen LogP contribution in [0.2, 0.25) is 0 Å². The lowest BCUT2D eigenvalue weighted by atomic mass is 10.1. The molecule has 0 radical (unpaired) electrons. The average molecular weight is 352 g/mol. The fourth-order valence-corrected chi connectivity index (χ4v) is 2.69. The molecule has 0 bridgehead atoms. The highest BCUT2D eigenvalue weighted by molar-refractivity contribution is 5.99. The quantitative estimate of drug-likeness (QED) is 0.705. The van der Waals surface area contributed by atoms with Gasteiger partial charge in [-0.2, -0.15) is 0 Å². The summed E-state index contributed by atoms with van der Waals surface area (Å²) in [6.45, 7) is 5.50. The third-order valence-electron chi connectivity index (χ3n) is 4.21. The number of carbonyl (C=O) groups excluding carboxylic acids is 2. The molecule has 6 heteroatoms. The van der Waals surface area contributed by atoms with Gasteiger partial charge in [-0.3, -0.25) is 4.79 Å². The Balaban J connectivity index is 1.70. The highest BCUT2D eigenvalue weighted by Gasteiger charge is 2.21. The number of rotatable bonds is 5. The van der Waals surface area contributed by atoms with Gasteiger partial charge in [0, 0.05) is 5.69 Å². The molecule has 3 aromatic rings. The lowest BCUT2D eigenvalue weighted by Gasteiger charge is -2.17. The zero-order valence-electron chi connectivity index (χ0n) is 14.9. The van der Waals surface area contributed by atoms with Crippen LogP contribution in [0.1, 0.15) is 35.3 Å². The van der Waals surface area contributed by atoms with Crippen molar-refractivity contribution in [3.63, 3.8) is 0 Å². The molecule has 2 aromatic carbocycles. The molecule has 1 atom stereocenters. The Kier molecular flexibility index (Phi) is 5.02. The van der Waals surface area contributed by atoms with E-state index in [2.05, 4.69) is 10.3 Å². The number of nitrogens with zero attached hydrogens (tertiary/aromatic N) is 1. The maximum absolute atomic E-state index is 12.5. The Hall–Kier alpha value is -3.15. The number of para-hydroxylation sites is 1. The fourth-order valence-electron chi connectivity index (χ4n) is 2.69. The summed E-state index contributed by atoms with van der Waals surface area (Å²) < 4.78 is 10.5. The van der Waals surface area contributed by atoms with Crippen molar-refractivity contribution in [3.05, 3.63) is 59.5 Å². The molecule has 0 spiro atoms. The first-order valence-corrected chi connectivity index (χ1v) is 8.43. The maximum Gasteiger partial charge on any atom is 0.339 e. The molecule has 1 unspecified atom stereocenters. The second-order valence-corrected chi connectivity index (χ2v) is 6.03. The minimum absolute atomic E-state index is 0.305. The van der Waals surface area contributed by atoms with E-state index in [0.29, 0.717) is 16.7 Å². The summed E-state index contributed by atoms with van der Waals surface area (Å²) in [7, 11) is 0. The van der Waals surface area contributed by atoms with Crippen LogP contribution in [0.3, 0.4) is 0 Å². The second-order valence-electron chi connectivity index (χ2n) is 6.03. The Morgan fingerprint density at radius 3 is 2.85 bits per heavy atom. The van der Waals surface area contributed by atoms with Crippen molar-refractivity contribution in [2.45, 2.75) is 33.3 Å². The van der Waals surface area contributed by atoms with Crippen molar-refractivity contribution in [2.24, 2.45) is 0 Å². The zero-order chi connectivity index (χ0) is 18.7. The number of carbonyl (C=O) groups is 2. The van der Waals surface area contributed by atoms with E-state index in [0.717, 1.165) is 23.2 Å². The molecule has 0 aliphatic heterocycles. The maximum atomic E-state index is 12.5. The van der Waals surface area contributed by atoms with Crippen LogP contribution in [-0.4, -0.2) is 23.0 Å². The third-order valence-corrected chi connectivity index (χ3v) is 4.21. The SMILES string of the molecule is CCc1cccc(C)c1NC(=O)C(C)OC(=O)c1ccc2ncoc2c1. The Bertz CT molecular complexity index is 961. The number of hydrogen-bond acceptors (Lipinski definition) is 5. The zero-order valence-corrected chi connectivity index (χ0v) is 14.9. The number of benzene rings is 2. The molecule has 1 N–H and O–H groups in total. The number of amides is 1. The molecule has 1 aromatic heterocycles. The fraction of sp³-hybridized carbons (Fsp3) is 0.250. The van der Waals surface area contributed by atoms with Gasteiger partial charge in [-0.1, -0.05) is 25.1 Å². The van der Waals surface area contributed by atoms with Crippen molar-refractivity contribution < 1.29 is 18.7 Å². The minimum Gasteiger partial charge on any atom is -0.449 e. The number of anilines is 1. The highest BCUT2D eigenvalue weighted by Crippen LogP contribution is 2.22. The summed E-state index contributed by atoms with van der Waals surface area (Å²) in [5.74, 6) is -0.963. The van der Waals surface area contributed by atoms with Gasteiger partial charge < -0.3 is 14.5 Å². The summed E-state index contributed by atoms with van der Waals surface area (Å²) in [5.41, 5.74) is 4.22. The van der Waals surface area contributed by atoms with Crippen LogP contribution in [0, 0.1) is 6.92 Å². The van der Waals surface area contributed by atoms with Crippen molar-refractivity contribution in [3.8, 4) is 0 Å². The van der Waals surface area contributed by atoms with Gasteiger partial charge in [-0.05, 0) is 49.6 Å². The van der Waals surface area contributed by atoms with Crippen LogP contribution in [0.4, 0.5) is 5.69 Å². The van der Waals surface area contributed by atoms with Gasteiger partial charge in [0.2, 0.25) is 0 Å².